The van der Waals surface area contributed by atoms with E-state index in [9.17, 15) is 4.79 Å². The minimum Gasteiger partial charge on any atom is -0.346 e. The molecule has 0 saturated carbocycles. The second-order valence-corrected chi connectivity index (χ2v) is 1.72. The summed E-state index contributed by atoms with van der Waals surface area (Å²) in [5.41, 5.74) is 0.401. The topological polar surface area (TPSA) is 57.8 Å². The minimum atomic E-state index is -0.191. The number of hydrogen-bond donors (Lipinski definition) is 2. The van der Waals surface area contributed by atoms with Gasteiger partial charge in [0.15, 0.2) is 0 Å². The molecule has 0 bridgehead atoms. The lowest BCUT2D eigenvalue weighted by molar-refractivity contribution is 0.0959. The Morgan fingerprint density at radius 1 is 1.90 bits per heavy atom. The standard InChI is InChI=1S/C6H8N3O/c1-2-7-6(10)5-3-4-8-9-5/h2-4H,1H3,(H,7,10)(H,8,9). The maximum Gasteiger partial charge on any atom is 0.272 e. The summed E-state index contributed by atoms with van der Waals surface area (Å²) in [6, 6.07) is 1.61. The van der Waals surface area contributed by atoms with E-state index in [1.54, 1.807) is 25.7 Å². The van der Waals surface area contributed by atoms with Crippen LogP contribution in [0.1, 0.15) is 17.4 Å². The third-order valence-electron chi connectivity index (χ3n) is 1.01. The number of aromatic amines is 1. The molecule has 1 aromatic rings. The molecule has 2 N–H and O–H groups in total. The molecule has 0 saturated heterocycles. The largest absolute Gasteiger partial charge is 0.346 e. The smallest absolute Gasteiger partial charge is 0.272 e. The van der Waals surface area contributed by atoms with Crippen molar-refractivity contribution in [3.05, 3.63) is 24.5 Å². The molecule has 0 aliphatic carbocycles. The average Bonchev–Trinajstić information content (AvgIpc) is 2.38. The quantitative estimate of drug-likeness (QED) is 0.618. The third kappa shape index (κ3) is 1.34. The number of aromatic nitrogens is 2. The van der Waals surface area contributed by atoms with Crippen LogP contribution >= 0.6 is 0 Å². The van der Waals surface area contributed by atoms with Gasteiger partial charge in [0, 0.05) is 12.7 Å². The molecule has 1 radical (unpaired) electrons. The third-order valence-corrected chi connectivity index (χ3v) is 1.01. The molecule has 1 rings (SSSR count). The van der Waals surface area contributed by atoms with Crippen molar-refractivity contribution in [2.45, 2.75) is 6.92 Å². The van der Waals surface area contributed by atoms with Crippen LogP contribution in [0.4, 0.5) is 0 Å². The zero-order valence-corrected chi connectivity index (χ0v) is 5.59. The maximum atomic E-state index is 10.9. The van der Waals surface area contributed by atoms with E-state index in [1.807, 2.05) is 0 Å². The highest BCUT2D eigenvalue weighted by atomic mass is 16.1. The Bertz CT molecular complexity index is 205. The van der Waals surface area contributed by atoms with Crippen molar-refractivity contribution in [2.24, 2.45) is 0 Å². The molecule has 1 heterocycles. The van der Waals surface area contributed by atoms with Gasteiger partial charge in [-0.15, -0.1) is 0 Å². The summed E-state index contributed by atoms with van der Waals surface area (Å²) >= 11 is 0. The van der Waals surface area contributed by atoms with Crippen molar-refractivity contribution in [1.82, 2.24) is 15.5 Å². The second-order valence-electron chi connectivity index (χ2n) is 1.72. The summed E-state index contributed by atoms with van der Waals surface area (Å²) in [5, 5.41) is 8.72. The summed E-state index contributed by atoms with van der Waals surface area (Å²) in [7, 11) is 0. The van der Waals surface area contributed by atoms with Crippen LogP contribution in [0.15, 0.2) is 12.3 Å². The van der Waals surface area contributed by atoms with Gasteiger partial charge in [0.25, 0.3) is 5.91 Å². The molecule has 0 unspecified atom stereocenters. The highest BCUT2D eigenvalue weighted by Gasteiger charge is 2.03. The number of carbonyl (C=O) groups is 1. The predicted octanol–water partition coefficient (Wildman–Crippen LogP) is 0.321. The zero-order chi connectivity index (χ0) is 7.40. The van der Waals surface area contributed by atoms with E-state index in [2.05, 4.69) is 15.5 Å². The normalized spacial score (nSPS) is 9.30. The first-order chi connectivity index (χ1) is 4.84. The minimum absolute atomic E-state index is 0.191. The Morgan fingerprint density at radius 3 is 3.20 bits per heavy atom. The summed E-state index contributed by atoms with van der Waals surface area (Å²) in [5.74, 6) is -0.191. The SMILES string of the molecule is C[CH]NC(=O)c1cc[nH]n1. The number of hydrogen-bond acceptors (Lipinski definition) is 2. The lowest BCUT2D eigenvalue weighted by atomic mass is 10.4. The van der Waals surface area contributed by atoms with E-state index in [4.69, 9.17) is 0 Å². The highest BCUT2D eigenvalue weighted by molar-refractivity contribution is 5.92. The van der Waals surface area contributed by atoms with Crippen molar-refractivity contribution >= 4 is 5.91 Å². The van der Waals surface area contributed by atoms with Crippen molar-refractivity contribution in [1.29, 1.82) is 0 Å². The van der Waals surface area contributed by atoms with Gasteiger partial charge >= 0.3 is 0 Å². The molecule has 1 aromatic heterocycles. The van der Waals surface area contributed by atoms with Gasteiger partial charge in [-0.05, 0) is 13.0 Å². The molecule has 4 nitrogen and oxygen atoms in total. The number of nitrogens with one attached hydrogen (secondary N) is 2. The fourth-order valence-corrected chi connectivity index (χ4v) is 0.592. The van der Waals surface area contributed by atoms with Gasteiger partial charge in [0.05, 0.1) is 0 Å². The fraction of sp³-hybridized carbons (Fsp3) is 0.167. The van der Waals surface area contributed by atoms with E-state index in [-0.39, 0.29) is 5.91 Å². The van der Waals surface area contributed by atoms with Crippen molar-refractivity contribution in [3.8, 4) is 0 Å². The van der Waals surface area contributed by atoms with E-state index in [0.29, 0.717) is 5.69 Å². The van der Waals surface area contributed by atoms with E-state index in [0.717, 1.165) is 0 Å². The molecule has 1 amide bonds. The van der Waals surface area contributed by atoms with Crippen LogP contribution in [0.25, 0.3) is 0 Å². The molecule has 0 spiro atoms. The maximum absolute atomic E-state index is 10.9. The summed E-state index contributed by atoms with van der Waals surface area (Å²) in [6.45, 7) is 3.31. The van der Waals surface area contributed by atoms with Crippen LogP contribution in [-0.4, -0.2) is 16.1 Å². The monoisotopic (exact) mass is 138 g/mol. The number of H-pyrrole nitrogens is 1. The van der Waals surface area contributed by atoms with Crippen LogP contribution in [0.5, 0.6) is 0 Å². The highest BCUT2D eigenvalue weighted by Crippen LogP contribution is 1.89. The molecule has 53 valence electrons. The number of carbonyl (C=O) groups excluding carboxylic acids is 1. The Balaban J connectivity index is 2.59. The Morgan fingerprint density at radius 2 is 2.70 bits per heavy atom. The van der Waals surface area contributed by atoms with Gasteiger partial charge in [-0.1, -0.05) is 0 Å². The molecule has 0 aliphatic heterocycles. The molecule has 4 heteroatoms. The first kappa shape index (κ1) is 6.80. The van der Waals surface area contributed by atoms with Gasteiger partial charge in [0.2, 0.25) is 0 Å². The zero-order valence-electron chi connectivity index (χ0n) is 5.59. The first-order valence-electron chi connectivity index (χ1n) is 2.93. The lowest BCUT2D eigenvalue weighted by Gasteiger charge is -1.94. The van der Waals surface area contributed by atoms with Gasteiger partial charge in [-0.2, -0.15) is 5.10 Å². The van der Waals surface area contributed by atoms with Gasteiger partial charge in [0.1, 0.15) is 5.69 Å². The van der Waals surface area contributed by atoms with Crippen molar-refractivity contribution in [2.75, 3.05) is 0 Å². The molecule has 0 aromatic carbocycles. The van der Waals surface area contributed by atoms with Gasteiger partial charge in [-0.3, -0.25) is 9.89 Å². The molecule has 0 fully saturated rings. The number of rotatable bonds is 2. The Hall–Kier alpha value is -1.32. The number of nitrogens with zero attached hydrogens (tertiary/aromatic N) is 1. The second kappa shape index (κ2) is 3.00. The summed E-state index contributed by atoms with van der Waals surface area (Å²) < 4.78 is 0. The average molecular weight is 138 g/mol. The van der Waals surface area contributed by atoms with E-state index >= 15 is 0 Å². The fourth-order valence-electron chi connectivity index (χ4n) is 0.592. The molecule has 0 aliphatic rings. The molecule has 10 heavy (non-hydrogen) atoms. The van der Waals surface area contributed by atoms with E-state index in [1.165, 1.54) is 0 Å². The summed E-state index contributed by atoms with van der Waals surface area (Å²) in [6.07, 6.45) is 1.60. The van der Waals surface area contributed by atoms with Crippen LogP contribution in [0.2, 0.25) is 0 Å². The van der Waals surface area contributed by atoms with E-state index < -0.39 is 0 Å². The number of amides is 1. The first-order valence-corrected chi connectivity index (χ1v) is 2.93. The van der Waals surface area contributed by atoms with Crippen LogP contribution in [0.3, 0.4) is 0 Å². The molecular formula is C6H8N3O. The van der Waals surface area contributed by atoms with Crippen LogP contribution in [-0.2, 0) is 0 Å². The Kier molecular flexibility index (Phi) is 2.04. The van der Waals surface area contributed by atoms with Crippen LogP contribution in [0, 0.1) is 6.54 Å². The van der Waals surface area contributed by atoms with Gasteiger partial charge in [-0.25, -0.2) is 0 Å². The Labute approximate surface area is 58.6 Å². The predicted molar refractivity (Wildman–Crippen MR) is 36.0 cm³/mol. The lowest BCUT2D eigenvalue weighted by Crippen LogP contribution is -2.19. The van der Waals surface area contributed by atoms with Gasteiger partial charge < -0.3 is 5.32 Å². The molecule has 0 atom stereocenters. The van der Waals surface area contributed by atoms with Crippen molar-refractivity contribution < 1.29 is 4.79 Å². The summed E-state index contributed by atoms with van der Waals surface area (Å²) in [4.78, 5) is 10.9. The molecular weight excluding hydrogens is 130 g/mol. The van der Waals surface area contributed by atoms with Crippen LogP contribution < -0.4 is 5.32 Å². The van der Waals surface area contributed by atoms with Crippen molar-refractivity contribution in [3.63, 3.8) is 0 Å².